The van der Waals surface area contributed by atoms with E-state index in [4.69, 9.17) is 0 Å². The Bertz CT molecular complexity index is 903. The van der Waals surface area contributed by atoms with Crippen LogP contribution < -0.4 is 10.6 Å². The molecule has 0 aliphatic carbocycles. The predicted molar refractivity (Wildman–Crippen MR) is 97.6 cm³/mol. The first-order valence-electron chi connectivity index (χ1n) is 7.75. The van der Waals surface area contributed by atoms with Crippen LogP contribution >= 0.6 is 0 Å². The van der Waals surface area contributed by atoms with Gasteiger partial charge in [-0.25, -0.2) is 8.42 Å². The van der Waals surface area contributed by atoms with Gasteiger partial charge in [-0.15, -0.1) is 0 Å². The third-order valence-corrected chi connectivity index (χ3v) is 5.41. The van der Waals surface area contributed by atoms with Gasteiger partial charge in [0.05, 0.1) is 10.6 Å². The Balaban J connectivity index is 2.21. The van der Waals surface area contributed by atoms with Gasteiger partial charge >= 0.3 is 0 Å². The molecule has 6 nitrogen and oxygen atoms in total. The van der Waals surface area contributed by atoms with E-state index in [9.17, 15) is 18.0 Å². The first-order chi connectivity index (χ1) is 11.7. The van der Waals surface area contributed by atoms with Gasteiger partial charge in [-0.2, -0.15) is 0 Å². The lowest BCUT2D eigenvalue weighted by molar-refractivity contribution is -0.114. The van der Waals surface area contributed by atoms with Crippen molar-refractivity contribution in [1.82, 2.24) is 0 Å². The highest BCUT2D eigenvalue weighted by atomic mass is 32.2. The zero-order chi connectivity index (χ0) is 18.6. The Labute approximate surface area is 147 Å². The van der Waals surface area contributed by atoms with Crippen molar-refractivity contribution in [3.8, 4) is 0 Å². The minimum absolute atomic E-state index is 0.00762. The maximum Gasteiger partial charge on any atom is 0.255 e. The smallest absolute Gasteiger partial charge is 0.255 e. The van der Waals surface area contributed by atoms with Crippen LogP contribution in [0.25, 0.3) is 0 Å². The lowest BCUT2D eigenvalue weighted by Gasteiger charge is -2.11. The molecule has 0 heterocycles. The van der Waals surface area contributed by atoms with Gasteiger partial charge < -0.3 is 10.6 Å². The number of aryl methyl sites for hydroxylation is 1. The maximum absolute atomic E-state index is 12.4. The molecule has 2 aromatic rings. The number of hydrogen-bond donors (Lipinski definition) is 2. The van der Waals surface area contributed by atoms with Gasteiger partial charge in [-0.1, -0.05) is 13.0 Å². The monoisotopic (exact) mass is 360 g/mol. The van der Waals surface area contributed by atoms with Gasteiger partial charge in [0, 0.05) is 23.9 Å². The number of nitrogens with one attached hydrogen (secondary N) is 2. The molecule has 0 saturated carbocycles. The Morgan fingerprint density at radius 3 is 2.20 bits per heavy atom. The first-order valence-corrected chi connectivity index (χ1v) is 9.40. The third kappa shape index (κ3) is 4.67. The van der Waals surface area contributed by atoms with Crippen LogP contribution in [0.15, 0.2) is 47.4 Å². The van der Waals surface area contributed by atoms with Gasteiger partial charge in [0.2, 0.25) is 5.91 Å². The van der Waals surface area contributed by atoms with Crippen molar-refractivity contribution < 1.29 is 18.0 Å². The summed E-state index contributed by atoms with van der Waals surface area (Å²) in [6.07, 6.45) is 0. The average molecular weight is 360 g/mol. The highest BCUT2D eigenvalue weighted by molar-refractivity contribution is 7.91. The van der Waals surface area contributed by atoms with Crippen molar-refractivity contribution in [2.75, 3.05) is 16.4 Å². The van der Waals surface area contributed by atoms with Gasteiger partial charge in [-0.05, 0) is 48.9 Å². The summed E-state index contributed by atoms with van der Waals surface area (Å²) in [4.78, 5) is 23.7. The van der Waals surface area contributed by atoms with Crippen molar-refractivity contribution in [2.24, 2.45) is 0 Å². The topological polar surface area (TPSA) is 92.3 Å². The molecule has 0 saturated heterocycles. The summed E-state index contributed by atoms with van der Waals surface area (Å²) in [5, 5.41) is 5.43. The van der Waals surface area contributed by atoms with Crippen LogP contribution in [0.1, 0.15) is 29.8 Å². The second-order valence-corrected chi connectivity index (χ2v) is 7.87. The number of carbonyl (C=O) groups is 2. The van der Waals surface area contributed by atoms with E-state index in [0.29, 0.717) is 16.9 Å². The lowest BCUT2D eigenvalue weighted by atomic mass is 10.1. The van der Waals surface area contributed by atoms with Crippen LogP contribution in [-0.4, -0.2) is 26.0 Å². The molecule has 0 fully saturated rings. The van der Waals surface area contributed by atoms with Crippen molar-refractivity contribution in [2.45, 2.75) is 25.7 Å². The maximum atomic E-state index is 12.4. The second-order valence-electron chi connectivity index (χ2n) is 5.59. The molecule has 0 aliphatic heterocycles. The Morgan fingerprint density at radius 2 is 1.64 bits per heavy atom. The van der Waals surface area contributed by atoms with E-state index >= 15 is 0 Å². The van der Waals surface area contributed by atoms with E-state index < -0.39 is 9.84 Å². The zero-order valence-corrected chi connectivity index (χ0v) is 15.1. The molecule has 7 heteroatoms. The number of carbonyl (C=O) groups excluding carboxylic acids is 2. The van der Waals surface area contributed by atoms with Gasteiger partial charge in [-0.3, -0.25) is 9.59 Å². The van der Waals surface area contributed by atoms with E-state index in [1.165, 1.54) is 31.2 Å². The molecular weight excluding hydrogens is 340 g/mol. The second kappa shape index (κ2) is 7.48. The minimum atomic E-state index is -3.30. The summed E-state index contributed by atoms with van der Waals surface area (Å²) in [5.74, 6) is -0.550. The van der Waals surface area contributed by atoms with Crippen molar-refractivity contribution in [3.63, 3.8) is 0 Å². The fraction of sp³-hybridized carbons (Fsp3) is 0.222. The fourth-order valence-corrected chi connectivity index (χ4v) is 3.10. The van der Waals surface area contributed by atoms with Gasteiger partial charge in [0.15, 0.2) is 9.84 Å². The van der Waals surface area contributed by atoms with Crippen LogP contribution in [0.2, 0.25) is 0 Å². The highest BCUT2D eigenvalue weighted by Crippen LogP contribution is 2.21. The quantitative estimate of drug-likeness (QED) is 0.857. The van der Waals surface area contributed by atoms with E-state index in [1.54, 1.807) is 25.1 Å². The molecular formula is C18H20N2O4S. The molecule has 0 bridgehead atoms. The molecule has 0 atom stereocenters. The van der Waals surface area contributed by atoms with Crippen LogP contribution in [0.4, 0.5) is 11.4 Å². The van der Waals surface area contributed by atoms with Crippen LogP contribution in [0.5, 0.6) is 0 Å². The van der Waals surface area contributed by atoms with E-state index in [2.05, 4.69) is 10.6 Å². The van der Waals surface area contributed by atoms with E-state index in [0.717, 1.165) is 5.56 Å². The largest absolute Gasteiger partial charge is 0.326 e. The number of hydrogen-bond acceptors (Lipinski definition) is 4. The van der Waals surface area contributed by atoms with Crippen LogP contribution in [-0.2, 0) is 14.6 Å². The lowest BCUT2D eigenvalue weighted by Crippen LogP contribution is -2.14. The van der Waals surface area contributed by atoms with Crippen molar-refractivity contribution >= 4 is 33.0 Å². The van der Waals surface area contributed by atoms with Crippen LogP contribution in [0, 0.1) is 6.92 Å². The first kappa shape index (κ1) is 18.7. The molecule has 0 aliphatic rings. The summed E-state index contributed by atoms with van der Waals surface area (Å²) in [6, 6.07) is 11.0. The highest BCUT2D eigenvalue weighted by Gasteiger charge is 2.13. The molecule has 2 aromatic carbocycles. The summed E-state index contributed by atoms with van der Waals surface area (Å²) in [5.41, 5.74) is 2.34. The zero-order valence-electron chi connectivity index (χ0n) is 14.3. The number of rotatable bonds is 5. The number of sulfone groups is 1. The Morgan fingerprint density at radius 1 is 1.00 bits per heavy atom. The Hall–Kier alpha value is -2.67. The van der Waals surface area contributed by atoms with Gasteiger partial charge in [0.1, 0.15) is 0 Å². The Kier molecular flexibility index (Phi) is 5.58. The number of benzene rings is 2. The van der Waals surface area contributed by atoms with E-state index in [-0.39, 0.29) is 22.5 Å². The molecule has 0 unspecified atom stereocenters. The molecule has 2 N–H and O–H groups in total. The SMILES string of the molecule is CCS(=O)(=O)c1ccc(C(=O)Nc2cc(NC(C)=O)ccc2C)cc1. The minimum Gasteiger partial charge on any atom is -0.326 e. The molecule has 2 rings (SSSR count). The number of amides is 2. The van der Waals surface area contributed by atoms with Crippen LogP contribution in [0.3, 0.4) is 0 Å². The summed E-state index contributed by atoms with van der Waals surface area (Å²) < 4.78 is 23.6. The predicted octanol–water partition coefficient (Wildman–Crippen LogP) is 3.00. The standard InChI is InChI=1S/C18H20N2O4S/c1-4-25(23,24)16-9-6-14(7-10-16)18(22)20-17-11-15(19-13(3)21)8-5-12(17)2/h5-11H,4H2,1-3H3,(H,19,21)(H,20,22). The molecule has 2 amide bonds. The molecule has 0 radical (unpaired) electrons. The number of anilines is 2. The molecule has 0 spiro atoms. The normalized spacial score (nSPS) is 11.0. The van der Waals surface area contributed by atoms with Crippen molar-refractivity contribution in [1.29, 1.82) is 0 Å². The summed E-state index contributed by atoms with van der Waals surface area (Å²) >= 11 is 0. The molecule has 0 aromatic heterocycles. The third-order valence-electron chi connectivity index (χ3n) is 3.66. The van der Waals surface area contributed by atoms with Gasteiger partial charge in [0.25, 0.3) is 5.91 Å². The summed E-state index contributed by atoms with van der Waals surface area (Å²) in [7, 11) is -3.30. The average Bonchev–Trinajstić information content (AvgIpc) is 2.57. The summed E-state index contributed by atoms with van der Waals surface area (Å²) in [6.45, 7) is 4.81. The molecule has 132 valence electrons. The molecule has 25 heavy (non-hydrogen) atoms. The van der Waals surface area contributed by atoms with E-state index in [1.807, 2.05) is 6.92 Å². The van der Waals surface area contributed by atoms with Crippen molar-refractivity contribution in [3.05, 3.63) is 53.6 Å². The fourth-order valence-electron chi connectivity index (χ4n) is 2.21.